The monoisotopic (exact) mass is 764 g/mol. The van der Waals surface area contributed by atoms with Crippen LogP contribution in [0.15, 0.2) is 74.4 Å². The average Bonchev–Trinajstić information content (AvgIpc) is 3.79. The predicted molar refractivity (Wildman–Crippen MR) is 187 cm³/mol. The number of oxime groups is 1. The zero-order valence-corrected chi connectivity index (χ0v) is 28.6. The number of carboxylic acids is 1. The number of thiazole rings is 1. The van der Waals surface area contributed by atoms with Gasteiger partial charge in [0, 0.05) is 28.5 Å². The maximum atomic E-state index is 13.5. The van der Waals surface area contributed by atoms with Gasteiger partial charge < -0.3 is 41.3 Å². The first-order valence-corrected chi connectivity index (χ1v) is 17.8. The van der Waals surface area contributed by atoms with E-state index in [2.05, 4.69) is 35.5 Å². The molecule has 0 saturated carbocycles. The molecule has 2 atom stereocenters. The van der Waals surface area contributed by atoms with Crippen molar-refractivity contribution >= 4 is 69.1 Å². The molecule has 1 aromatic carbocycles. The van der Waals surface area contributed by atoms with E-state index in [1.165, 1.54) is 41.0 Å². The van der Waals surface area contributed by atoms with Gasteiger partial charge in [0.15, 0.2) is 46.2 Å². The Morgan fingerprint density at radius 1 is 1.12 bits per heavy atom. The van der Waals surface area contributed by atoms with Crippen LogP contribution in [-0.4, -0.2) is 101 Å². The lowest BCUT2D eigenvalue weighted by Crippen LogP contribution is -2.71. The van der Waals surface area contributed by atoms with Gasteiger partial charge >= 0.3 is 11.5 Å². The molecule has 5 aromatic rings. The quantitative estimate of drug-likeness (QED) is 0.0247. The third-order valence-corrected chi connectivity index (χ3v) is 10.8. The zero-order chi connectivity index (χ0) is 36.7. The van der Waals surface area contributed by atoms with E-state index < -0.39 is 40.5 Å². The molecule has 6 heterocycles. The molecule has 266 valence electrons. The number of nitrogens with one attached hydrogen (secondary N) is 2. The van der Waals surface area contributed by atoms with Crippen molar-refractivity contribution in [3.63, 3.8) is 0 Å². The normalized spacial score (nSPS) is 17.2. The lowest BCUT2D eigenvalue weighted by molar-refractivity contribution is -0.150. The first-order chi connectivity index (χ1) is 25.0. The van der Waals surface area contributed by atoms with E-state index in [9.17, 15) is 39.6 Å². The summed E-state index contributed by atoms with van der Waals surface area (Å²) in [6.07, 6.45) is 2.58. The number of nitrogens with two attached hydrogens (primary N) is 1. The number of nitrogens with zero attached hydrogens (tertiary/aromatic N) is 7. The number of amides is 2. The second-order valence-corrected chi connectivity index (χ2v) is 14.0. The van der Waals surface area contributed by atoms with Gasteiger partial charge in [-0.25, -0.2) is 19.3 Å². The fourth-order valence-electron chi connectivity index (χ4n) is 5.24. The molecule has 52 heavy (non-hydrogen) atoms. The van der Waals surface area contributed by atoms with E-state index in [0.29, 0.717) is 27.5 Å². The lowest BCUT2D eigenvalue weighted by Gasteiger charge is -2.49. The van der Waals surface area contributed by atoms with E-state index in [4.69, 9.17) is 10.6 Å². The molecule has 2 amide bonds. The molecule has 0 aliphatic carbocycles. The second kappa shape index (κ2) is 13.9. The van der Waals surface area contributed by atoms with Crippen molar-refractivity contribution in [3.8, 4) is 28.5 Å². The number of rotatable bonds is 11. The van der Waals surface area contributed by atoms with Gasteiger partial charge in [-0.1, -0.05) is 5.16 Å². The summed E-state index contributed by atoms with van der Waals surface area (Å²) in [7, 11) is 0. The maximum Gasteiger partial charge on any atom is 0.352 e. The number of aromatic amines is 1. The first-order valence-electron chi connectivity index (χ1n) is 14.9. The number of fused-ring (bicyclic) bond motifs is 2. The Balaban J connectivity index is 1.08. The van der Waals surface area contributed by atoms with Crippen LogP contribution >= 0.6 is 34.9 Å². The van der Waals surface area contributed by atoms with Gasteiger partial charge in [0.25, 0.3) is 11.8 Å². The molecule has 0 unspecified atom stereocenters. The minimum absolute atomic E-state index is 0.00511. The summed E-state index contributed by atoms with van der Waals surface area (Å²) in [5.74, 6) is -3.60. The maximum absolute atomic E-state index is 13.5. The molecule has 2 aliphatic heterocycles. The molecular formula is C30H24N10O9S3. The van der Waals surface area contributed by atoms with Crippen LogP contribution in [0.2, 0.25) is 0 Å². The number of phenolic OH excluding ortho intramolecular Hbond substituents is 2. The number of hydrogen-bond donors (Lipinski definition) is 7. The van der Waals surface area contributed by atoms with Gasteiger partial charge in [0.05, 0.1) is 18.1 Å². The van der Waals surface area contributed by atoms with Gasteiger partial charge in [-0.15, -0.1) is 34.9 Å². The Kier molecular flexibility index (Phi) is 9.16. The number of β-lactam (4-membered cyclic amide) rings is 1. The number of carbonyl (C=O) groups is 3. The third kappa shape index (κ3) is 6.56. The minimum atomic E-state index is -1.31. The van der Waals surface area contributed by atoms with Crippen LogP contribution in [0.3, 0.4) is 0 Å². The summed E-state index contributed by atoms with van der Waals surface area (Å²) in [4.78, 5) is 72.2. The Morgan fingerprint density at radius 3 is 2.67 bits per heavy atom. The molecule has 22 heteroatoms. The highest BCUT2D eigenvalue weighted by molar-refractivity contribution is 8.01. The van der Waals surface area contributed by atoms with E-state index in [-0.39, 0.29) is 57.7 Å². The molecule has 4 aromatic heterocycles. The van der Waals surface area contributed by atoms with Crippen molar-refractivity contribution in [3.05, 3.63) is 81.2 Å². The van der Waals surface area contributed by atoms with Crippen molar-refractivity contribution in [2.24, 2.45) is 5.16 Å². The number of nitrogen functional groups attached to an aromatic ring is 1. The number of aliphatic carboxylic acids is 1. The number of carbonyl (C=O) groups excluding carboxylic acids is 2. The molecule has 0 spiro atoms. The Morgan fingerprint density at radius 2 is 1.94 bits per heavy atom. The molecule has 19 nitrogen and oxygen atoms in total. The summed E-state index contributed by atoms with van der Waals surface area (Å²) in [6.45, 7) is -0.388. The highest BCUT2D eigenvalue weighted by atomic mass is 32.2. The van der Waals surface area contributed by atoms with E-state index in [1.807, 2.05) is 0 Å². The topological polar surface area (TPSA) is 284 Å². The predicted octanol–water partition coefficient (Wildman–Crippen LogP) is 1.09. The summed E-state index contributed by atoms with van der Waals surface area (Å²) in [5, 5.41) is 51.6. The highest BCUT2D eigenvalue weighted by Gasteiger charge is 2.54. The molecule has 0 radical (unpaired) electrons. The second-order valence-electron chi connectivity index (χ2n) is 11.0. The van der Waals surface area contributed by atoms with Crippen LogP contribution in [0.4, 0.5) is 5.13 Å². The van der Waals surface area contributed by atoms with Gasteiger partial charge in [0.2, 0.25) is 0 Å². The Hall–Kier alpha value is -6.13. The van der Waals surface area contributed by atoms with E-state index in [1.54, 1.807) is 28.9 Å². The molecule has 2 aliphatic rings. The third-order valence-electron chi connectivity index (χ3n) is 7.70. The fraction of sp³-hybridized carbons (Fsp3) is 0.167. The smallest absolute Gasteiger partial charge is 0.352 e. The number of benzene rings is 1. The van der Waals surface area contributed by atoms with Crippen molar-refractivity contribution in [1.29, 1.82) is 0 Å². The van der Waals surface area contributed by atoms with Crippen LogP contribution in [0.1, 0.15) is 11.5 Å². The van der Waals surface area contributed by atoms with Crippen LogP contribution in [0.25, 0.3) is 16.9 Å². The van der Waals surface area contributed by atoms with Crippen molar-refractivity contribution in [1.82, 2.24) is 39.8 Å². The molecule has 0 bridgehead atoms. The number of phenols is 2. The standard InChI is InChI=1S/C30H24N10O9S3/c31-30-35-15(11-52-30)22(38-49-8-19-32-7-18(43)25(44)36-19)26(45)37-23-27(46)39-24(29(47)48)13(10-51-28(23)39)9-50-21-6-14(34-20-3-4-33-40(20)21)12-1-2-16(41)17(42)5-12/h1-7,11,23,28,41-43H,8-10H2,(H2,31,35)(H,37,45)(H,47,48)(H,32,36,44)/t23-,28-/m1/s1. The van der Waals surface area contributed by atoms with Crippen LogP contribution in [0.5, 0.6) is 17.2 Å². The number of anilines is 1. The number of hydrogen-bond acceptors (Lipinski definition) is 17. The fourth-order valence-corrected chi connectivity index (χ4v) is 8.28. The number of aromatic hydroxyl groups is 3. The molecule has 7 rings (SSSR count). The summed E-state index contributed by atoms with van der Waals surface area (Å²) in [5.41, 5.74) is 6.35. The first kappa shape index (κ1) is 34.3. The van der Waals surface area contributed by atoms with E-state index >= 15 is 0 Å². The van der Waals surface area contributed by atoms with Crippen molar-refractivity contribution in [2.45, 2.75) is 23.0 Å². The van der Waals surface area contributed by atoms with Crippen LogP contribution in [-0.2, 0) is 25.8 Å². The lowest BCUT2D eigenvalue weighted by atomic mass is 10.0. The van der Waals surface area contributed by atoms with Gasteiger partial charge in [0.1, 0.15) is 27.8 Å². The van der Waals surface area contributed by atoms with Gasteiger partial charge in [-0.3, -0.25) is 19.3 Å². The molecular weight excluding hydrogens is 741 g/mol. The number of aromatic nitrogens is 6. The number of thioether (sulfide) groups is 2. The van der Waals surface area contributed by atoms with E-state index in [0.717, 1.165) is 22.4 Å². The minimum Gasteiger partial charge on any atom is -0.504 e. The van der Waals surface area contributed by atoms with Gasteiger partial charge in [-0.05, 0) is 29.8 Å². The van der Waals surface area contributed by atoms with Crippen LogP contribution < -0.4 is 16.6 Å². The number of carboxylic acid groups (broad SMARTS) is 1. The largest absolute Gasteiger partial charge is 0.504 e. The molecule has 8 N–H and O–H groups in total. The zero-order valence-electron chi connectivity index (χ0n) is 26.2. The SMILES string of the molecule is Nc1nc(C(=NOCc2nc(=O)c(O)c[nH]2)C(=O)N[C@@H]2C(=O)N3C(C(=O)O)=C(CSc4cc(-c5ccc(O)c(O)c5)nc5ccnn45)CS[C@H]23)cs1. The Bertz CT molecular complexity index is 2390. The summed E-state index contributed by atoms with van der Waals surface area (Å²) in [6, 6.07) is 6.61. The van der Waals surface area contributed by atoms with Crippen molar-refractivity contribution < 1.29 is 39.6 Å². The summed E-state index contributed by atoms with van der Waals surface area (Å²) < 4.78 is 1.58. The molecule has 1 fully saturated rings. The van der Waals surface area contributed by atoms with Gasteiger partial charge in [-0.2, -0.15) is 10.1 Å². The Labute approximate surface area is 302 Å². The van der Waals surface area contributed by atoms with Crippen molar-refractivity contribution in [2.75, 3.05) is 17.2 Å². The van der Waals surface area contributed by atoms with Crippen LogP contribution in [0, 0.1) is 0 Å². The number of H-pyrrole nitrogens is 1. The summed E-state index contributed by atoms with van der Waals surface area (Å²) >= 11 is 3.58. The molecule has 1 saturated heterocycles. The average molecular weight is 765 g/mol. The highest BCUT2D eigenvalue weighted by Crippen LogP contribution is 2.42.